The van der Waals surface area contributed by atoms with Crippen LogP contribution in [0.3, 0.4) is 0 Å². The zero-order valence-corrected chi connectivity index (χ0v) is 9.97. The van der Waals surface area contributed by atoms with Crippen LogP contribution >= 0.6 is 11.8 Å². The molecule has 88 valence electrons. The first-order chi connectivity index (χ1) is 7.69. The van der Waals surface area contributed by atoms with E-state index in [0.29, 0.717) is 11.2 Å². The Morgan fingerprint density at radius 2 is 2.00 bits per heavy atom. The van der Waals surface area contributed by atoms with Gasteiger partial charge in [0.15, 0.2) is 0 Å². The van der Waals surface area contributed by atoms with Crippen LogP contribution in [0, 0.1) is 0 Å². The van der Waals surface area contributed by atoms with Gasteiger partial charge in [-0.25, -0.2) is 4.99 Å². The second kappa shape index (κ2) is 4.86. The van der Waals surface area contributed by atoms with E-state index in [4.69, 9.17) is 0 Å². The maximum absolute atomic E-state index is 10.9. The van der Waals surface area contributed by atoms with E-state index in [9.17, 15) is 9.59 Å². The van der Waals surface area contributed by atoms with E-state index in [1.807, 2.05) is 11.8 Å². The Morgan fingerprint density at radius 3 is 2.62 bits per heavy atom. The fourth-order valence-electron chi connectivity index (χ4n) is 2.03. The molecule has 0 bridgehead atoms. The Balaban J connectivity index is 1.89. The zero-order valence-electron chi connectivity index (χ0n) is 9.16. The number of amides is 2. The first kappa shape index (κ1) is 11.4. The van der Waals surface area contributed by atoms with Crippen LogP contribution in [0.1, 0.15) is 26.2 Å². The molecule has 1 heterocycles. The predicted octanol–water partition coefficient (Wildman–Crippen LogP) is 0.263. The molecule has 5 nitrogen and oxygen atoms in total. The molecule has 1 aliphatic heterocycles. The normalized spacial score (nSPS) is 29.2. The van der Waals surface area contributed by atoms with Gasteiger partial charge in [-0.2, -0.15) is 11.8 Å². The Morgan fingerprint density at radius 1 is 1.31 bits per heavy atom. The summed E-state index contributed by atoms with van der Waals surface area (Å²) in [5.41, 5.74) is 0. The van der Waals surface area contributed by atoms with Crippen molar-refractivity contribution in [3.63, 3.8) is 0 Å². The second-order valence-corrected chi connectivity index (χ2v) is 5.51. The molecule has 1 saturated carbocycles. The quantitative estimate of drug-likeness (QED) is 0.696. The Labute approximate surface area is 98.5 Å². The number of aliphatic imine (C=N–C) groups is 1. The van der Waals surface area contributed by atoms with Crippen molar-refractivity contribution >= 4 is 29.5 Å². The highest BCUT2D eigenvalue weighted by Crippen LogP contribution is 2.31. The topological polar surface area (TPSA) is 70.6 Å². The highest BCUT2D eigenvalue weighted by atomic mass is 32.2. The molecular formula is C10H15N3O2S. The third-order valence-electron chi connectivity index (χ3n) is 2.74. The summed E-state index contributed by atoms with van der Waals surface area (Å²) < 4.78 is 0. The van der Waals surface area contributed by atoms with Crippen molar-refractivity contribution in [2.75, 3.05) is 5.75 Å². The predicted molar refractivity (Wildman–Crippen MR) is 63.3 cm³/mol. The van der Waals surface area contributed by atoms with E-state index < -0.39 is 11.8 Å². The van der Waals surface area contributed by atoms with Gasteiger partial charge in [0.2, 0.25) is 5.96 Å². The van der Waals surface area contributed by atoms with Crippen molar-refractivity contribution in [3.8, 4) is 0 Å². The molecule has 2 aliphatic rings. The van der Waals surface area contributed by atoms with E-state index >= 15 is 0 Å². The van der Waals surface area contributed by atoms with Crippen LogP contribution in [0.25, 0.3) is 0 Å². The molecule has 16 heavy (non-hydrogen) atoms. The zero-order chi connectivity index (χ0) is 11.5. The van der Waals surface area contributed by atoms with Crippen molar-refractivity contribution in [2.45, 2.75) is 37.5 Å². The summed E-state index contributed by atoms with van der Waals surface area (Å²) in [5, 5.41) is 5.52. The van der Waals surface area contributed by atoms with Gasteiger partial charge in [-0.15, -0.1) is 0 Å². The lowest BCUT2D eigenvalue weighted by molar-refractivity contribution is -0.135. The SMILES string of the molecule is CCSC1CCC(N=C2NC(=O)C(=O)N2)C1. The van der Waals surface area contributed by atoms with Crippen LogP contribution < -0.4 is 10.6 Å². The van der Waals surface area contributed by atoms with E-state index in [1.54, 1.807) is 0 Å². The third-order valence-corrected chi connectivity index (χ3v) is 3.97. The summed E-state index contributed by atoms with van der Waals surface area (Å²) in [6.07, 6.45) is 3.24. The van der Waals surface area contributed by atoms with Gasteiger partial charge in [0.05, 0.1) is 6.04 Å². The maximum Gasteiger partial charge on any atom is 0.316 e. The molecule has 0 aromatic rings. The molecule has 2 rings (SSSR count). The Bertz CT molecular complexity index is 325. The van der Waals surface area contributed by atoms with Gasteiger partial charge >= 0.3 is 11.8 Å². The lowest BCUT2D eigenvalue weighted by atomic mass is 10.3. The van der Waals surface area contributed by atoms with Gasteiger partial charge in [0, 0.05) is 5.25 Å². The number of carbonyl (C=O) groups is 2. The number of hydrogen-bond acceptors (Lipinski definition) is 4. The molecule has 2 fully saturated rings. The second-order valence-electron chi connectivity index (χ2n) is 3.93. The molecule has 2 unspecified atom stereocenters. The van der Waals surface area contributed by atoms with E-state index in [2.05, 4.69) is 22.5 Å². The summed E-state index contributed by atoms with van der Waals surface area (Å²) in [6, 6.07) is 0.234. The number of nitrogens with one attached hydrogen (secondary N) is 2. The largest absolute Gasteiger partial charge is 0.316 e. The minimum atomic E-state index is -0.615. The highest BCUT2D eigenvalue weighted by molar-refractivity contribution is 7.99. The minimum absolute atomic E-state index is 0.234. The number of thioether (sulfide) groups is 1. The molecule has 0 radical (unpaired) electrons. The van der Waals surface area contributed by atoms with Gasteiger partial charge < -0.3 is 0 Å². The summed E-state index contributed by atoms with van der Waals surface area (Å²) in [5.74, 6) is 0.219. The molecule has 1 saturated heterocycles. The number of hydrogen-bond donors (Lipinski definition) is 2. The van der Waals surface area contributed by atoms with Crippen LogP contribution in [-0.4, -0.2) is 34.8 Å². The average molecular weight is 241 g/mol. The Hall–Kier alpha value is -1.04. The van der Waals surface area contributed by atoms with Gasteiger partial charge in [0.25, 0.3) is 0 Å². The summed E-state index contributed by atoms with van der Waals surface area (Å²) in [6.45, 7) is 2.15. The van der Waals surface area contributed by atoms with Gasteiger partial charge in [-0.1, -0.05) is 6.92 Å². The van der Waals surface area contributed by atoms with Crippen LogP contribution in [0.15, 0.2) is 4.99 Å². The monoisotopic (exact) mass is 241 g/mol. The standard InChI is InChI=1S/C10H15N3O2S/c1-2-16-7-4-3-6(5-7)11-10-12-8(14)9(15)13-10/h6-7H,2-5H2,1H3,(H2,11,12,13,14,15). The first-order valence-electron chi connectivity index (χ1n) is 5.50. The molecule has 1 aliphatic carbocycles. The summed E-state index contributed by atoms with van der Waals surface area (Å²) in [4.78, 5) is 26.2. The molecule has 0 aromatic carbocycles. The minimum Gasteiger partial charge on any atom is -0.288 e. The van der Waals surface area contributed by atoms with Crippen molar-refractivity contribution in [3.05, 3.63) is 0 Å². The lowest BCUT2D eigenvalue weighted by Crippen LogP contribution is -2.27. The van der Waals surface area contributed by atoms with Gasteiger partial charge in [-0.3, -0.25) is 20.2 Å². The number of carbonyl (C=O) groups excluding carboxylic acids is 2. The average Bonchev–Trinajstić information content (AvgIpc) is 2.77. The third kappa shape index (κ3) is 2.55. The Kier molecular flexibility index (Phi) is 3.48. The van der Waals surface area contributed by atoms with Crippen LogP contribution in [-0.2, 0) is 9.59 Å². The number of nitrogens with zero attached hydrogens (tertiary/aromatic N) is 1. The molecule has 0 spiro atoms. The number of rotatable bonds is 3. The van der Waals surface area contributed by atoms with Crippen molar-refractivity contribution in [1.82, 2.24) is 10.6 Å². The van der Waals surface area contributed by atoms with Crippen LogP contribution in [0.2, 0.25) is 0 Å². The number of guanidine groups is 1. The fourth-order valence-corrected chi connectivity index (χ4v) is 3.16. The molecular weight excluding hydrogens is 226 g/mol. The maximum atomic E-state index is 10.9. The highest BCUT2D eigenvalue weighted by Gasteiger charge is 2.29. The summed E-state index contributed by atoms with van der Waals surface area (Å²) in [7, 11) is 0. The van der Waals surface area contributed by atoms with E-state index in [1.165, 1.54) is 6.42 Å². The van der Waals surface area contributed by atoms with Crippen LogP contribution in [0.5, 0.6) is 0 Å². The van der Waals surface area contributed by atoms with Gasteiger partial charge in [-0.05, 0) is 25.0 Å². The molecule has 2 N–H and O–H groups in total. The molecule has 2 amide bonds. The van der Waals surface area contributed by atoms with Crippen molar-refractivity contribution in [1.29, 1.82) is 0 Å². The summed E-state index contributed by atoms with van der Waals surface area (Å²) >= 11 is 1.96. The fraction of sp³-hybridized carbons (Fsp3) is 0.700. The van der Waals surface area contributed by atoms with Gasteiger partial charge in [0.1, 0.15) is 0 Å². The molecule has 2 atom stereocenters. The van der Waals surface area contributed by atoms with E-state index in [-0.39, 0.29) is 6.04 Å². The smallest absolute Gasteiger partial charge is 0.288 e. The first-order valence-corrected chi connectivity index (χ1v) is 6.55. The van der Waals surface area contributed by atoms with E-state index in [0.717, 1.165) is 18.6 Å². The van der Waals surface area contributed by atoms with Crippen molar-refractivity contribution < 1.29 is 9.59 Å². The van der Waals surface area contributed by atoms with Crippen molar-refractivity contribution in [2.24, 2.45) is 4.99 Å². The molecule has 0 aromatic heterocycles. The molecule has 6 heteroatoms. The van der Waals surface area contributed by atoms with Crippen LogP contribution in [0.4, 0.5) is 0 Å². The lowest BCUT2D eigenvalue weighted by Gasteiger charge is -2.07.